The maximum absolute atomic E-state index is 12.1. The van der Waals surface area contributed by atoms with E-state index in [4.69, 9.17) is 4.74 Å². The fourth-order valence-electron chi connectivity index (χ4n) is 2.63. The summed E-state index contributed by atoms with van der Waals surface area (Å²) in [6.07, 6.45) is 3.01. The zero-order chi connectivity index (χ0) is 17.5. The summed E-state index contributed by atoms with van der Waals surface area (Å²) in [5.41, 5.74) is 1.91. The van der Waals surface area contributed by atoms with Crippen molar-refractivity contribution in [2.45, 2.75) is 32.4 Å². The second-order valence-electron chi connectivity index (χ2n) is 5.92. The summed E-state index contributed by atoms with van der Waals surface area (Å²) in [4.78, 5) is 12.1. The second kappa shape index (κ2) is 8.39. The quantitative estimate of drug-likeness (QED) is 0.641. The number of carbonyl (C=O) groups is 1. The topological polar surface area (TPSA) is 68.5 Å². The summed E-state index contributed by atoms with van der Waals surface area (Å²) in [6, 6.07) is 15.5. The Morgan fingerprint density at radius 2 is 1.96 bits per heavy atom. The third kappa shape index (κ3) is 4.64. The van der Waals surface area contributed by atoms with E-state index in [2.05, 4.69) is 15.5 Å². The highest BCUT2D eigenvalue weighted by Crippen LogP contribution is 2.12. The van der Waals surface area contributed by atoms with Crippen LogP contribution in [0.25, 0.3) is 5.65 Å². The summed E-state index contributed by atoms with van der Waals surface area (Å²) in [5.74, 6) is 0.716. The molecule has 130 valence electrons. The fourth-order valence-corrected chi connectivity index (χ4v) is 2.63. The molecule has 1 N–H and O–H groups in total. The smallest absolute Gasteiger partial charge is 0.220 e. The Bertz CT molecular complexity index is 816. The minimum Gasteiger partial charge on any atom is -0.377 e. The number of hydrogen-bond donors (Lipinski definition) is 1. The predicted molar refractivity (Wildman–Crippen MR) is 94.9 cm³/mol. The highest BCUT2D eigenvalue weighted by atomic mass is 16.5. The molecule has 0 spiro atoms. The third-order valence-corrected chi connectivity index (χ3v) is 3.91. The molecule has 3 aromatic rings. The number of nitrogens with zero attached hydrogens (tertiary/aromatic N) is 3. The number of carbonyl (C=O) groups excluding carboxylic acids is 1. The van der Waals surface area contributed by atoms with Gasteiger partial charge < -0.3 is 10.1 Å². The predicted octanol–water partition coefficient (Wildman–Crippen LogP) is 2.90. The van der Waals surface area contributed by atoms with Crippen LogP contribution >= 0.6 is 0 Å². The van der Waals surface area contributed by atoms with Crippen LogP contribution in [0.5, 0.6) is 0 Å². The first-order valence-electron chi connectivity index (χ1n) is 8.45. The van der Waals surface area contributed by atoms with Gasteiger partial charge in [0.1, 0.15) is 0 Å². The van der Waals surface area contributed by atoms with E-state index in [0.29, 0.717) is 26.1 Å². The highest BCUT2D eigenvalue weighted by molar-refractivity contribution is 5.76. The molecule has 0 unspecified atom stereocenters. The van der Waals surface area contributed by atoms with Gasteiger partial charge >= 0.3 is 0 Å². The number of amides is 1. The Morgan fingerprint density at radius 1 is 1.16 bits per heavy atom. The molecule has 1 atom stereocenters. The molecule has 2 heterocycles. The number of rotatable bonds is 8. The van der Waals surface area contributed by atoms with Crippen LogP contribution in [-0.2, 0) is 16.1 Å². The van der Waals surface area contributed by atoms with Crippen LogP contribution in [0.15, 0.2) is 54.7 Å². The normalized spacial score (nSPS) is 12.2. The van der Waals surface area contributed by atoms with Crippen molar-refractivity contribution >= 4 is 11.6 Å². The molecule has 0 saturated heterocycles. The number of nitrogens with one attached hydrogen (secondary N) is 1. The summed E-state index contributed by atoms with van der Waals surface area (Å²) in [7, 11) is 0. The van der Waals surface area contributed by atoms with Crippen molar-refractivity contribution in [2.24, 2.45) is 0 Å². The van der Waals surface area contributed by atoms with E-state index in [1.165, 1.54) is 0 Å². The first kappa shape index (κ1) is 17.1. The van der Waals surface area contributed by atoms with Crippen LogP contribution in [0.2, 0.25) is 0 Å². The van der Waals surface area contributed by atoms with Gasteiger partial charge in [-0.25, -0.2) is 0 Å². The van der Waals surface area contributed by atoms with Gasteiger partial charge in [-0.05, 0) is 31.0 Å². The number of fused-ring (bicyclic) bond motifs is 1. The molecule has 0 fully saturated rings. The maximum atomic E-state index is 12.1. The van der Waals surface area contributed by atoms with Crippen LogP contribution < -0.4 is 5.32 Å². The molecule has 0 aliphatic rings. The largest absolute Gasteiger partial charge is 0.377 e. The van der Waals surface area contributed by atoms with E-state index < -0.39 is 0 Å². The second-order valence-corrected chi connectivity index (χ2v) is 5.92. The first-order chi connectivity index (χ1) is 12.2. The zero-order valence-electron chi connectivity index (χ0n) is 14.3. The number of benzene rings is 1. The number of pyridine rings is 1. The molecule has 0 radical (unpaired) electrons. The standard InChI is InChI=1S/C19H22N4O2/c1-15(19-22-21-17-10-5-6-12-23(17)19)20-18(24)11-7-13-25-14-16-8-3-2-4-9-16/h2-6,8-10,12,15H,7,11,13-14H2,1H3,(H,20,24)/t15-/m0/s1. The SMILES string of the molecule is C[C@H](NC(=O)CCCOCc1ccccc1)c1nnc2ccccn12. The zero-order valence-corrected chi connectivity index (χ0v) is 14.3. The minimum absolute atomic E-state index is 0.0107. The molecule has 2 aromatic heterocycles. The summed E-state index contributed by atoms with van der Waals surface area (Å²) >= 11 is 0. The molecule has 0 aliphatic carbocycles. The van der Waals surface area contributed by atoms with Crippen molar-refractivity contribution in [2.75, 3.05) is 6.61 Å². The molecular weight excluding hydrogens is 316 g/mol. The molecule has 0 aliphatic heterocycles. The van der Waals surface area contributed by atoms with E-state index in [9.17, 15) is 4.79 Å². The number of ether oxygens (including phenoxy) is 1. The lowest BCUT2D eigenvalue weighted by Gasteiger charge is -2.12. The summed E-state index contributed by atoms with van der Waals surface area (Å²) in [6.45, 7) is 3.04. The van der Waals surface area contributed by atoms with Crippen molar-refractivity contribution in [3.05, 3.63) is 66.1 Å². The van der Waals surface area contributed by atoms with Crippen molar-refractivity contribution in [3.63, 3.8) is 0 Å². The Kier molecular flexibility index (Phi) is 5.74. The molecular formula is C19H22N4O2. The Balaban J connectivity index is 1.40. The average Bonchev–Trinajstić information content (AvgIpc) is 3.06. The van der Waals surface area contributed by atoms with E-state index in [1.54, 1.807) is 0 Å². The Hall–Kier alpha value is -2.73. The van der Waals surface area contributed by atoms with Crippen LogP contribution in [0.4, 0.5) is 0 Å². The summed E-state index contributed by atoms with van der Waals surface area (Å²) < 4.78 is 7.48. The third-order valence-electron chi connectivity index (χ3n) is 3.91. The van der Waals surface area contributed by atoms with Gasteiger partial charge in [-0.2, -0.15) is 0 Å². The minimum atomic E-state index is -0.199. The van der Waals surface area contributed by atoms with Crippen LogP contribution in [0, 0.1) is 0 Å². The Labute approximate surface area is 146 Å². The first-order valence-corrected chi connectivity index (χ1v) is 8.45. The lowest BCUT2D eigenvalue weighted by molar-refractivity contribution is -0.122. The van der Waals surface area contributed by atoms with E-state index in [0.717, 1.165) is 17.0 Å². The van der Waals surface area contributed by atoms with Crippen LogP contribution in [-0.4, -0.2) is 27.1 Å². The fraction of sp³-hybridized carbons (Fsp3) is 0.316. The molecule has 0 bridgehead atoms. The average molecular weight is 338 g/mol. The summed E-state index contributed by atoms with van der Waals surface area (Å²) in [5, 5.41) is 11.2. The molecule has 1 aromatic carbocycles. The van der Waals surface area contributed by atoms with Crippen molar-refractivity contribution in [1.29, 1.82) is 0 Å². The lowest BCUT2D eigenvalue weighted by Crippen LogP contribution is -2.28. The van der Waals surface area contributed by atoms with E-state index in [-0.39, 0.29) is 11.9 Å². The molecule has 6 nitrogen and oxygen atoms in total. The number of aromatic nitrogens is 3. The van der Waals surface area contributed by atoms with Crippen molar-refractivity contribution in [3.8, 4) is 0 Å². The van der Waals surface area contributed by atoms with Crippen molar-refractivity contribution in [1.82, 2.24) is 19.9 Å². The monoisotopic (exact) mass is 338 g/mol. The van der Waals surface area contributed by atoms with Gasteiger partial charge in [-0.3, -0.25) is 9.20 Å². The van der Waals surface area contributed by atoms with Gasteiger partial charge in [-0.1, -0.05) is 36.4 Å². The highest BCUT2D eigenvalue weighted by Gasteiger charge is 2.15. The van der Waals surface area contributed by atoms with E-state index in [1.807, 2.05) is 66.1 Å². The van der Waals surface area contributed by atoms with Crippen LogP contribution in [0.3, 0.4) is 0 Å². The van der Waals surface area contributed by atoms with Gasteiger partial charge in [0.25, 0.3) is 0 Å². The van der Waals surface area contributed by atoms with E-state index >= 15 is 0 Å². The number of hydrogen-bond acceptors (Lipinski definition) is 4. The molecule has 6 heteroatoms. The lowest BCUT2D eigenvalue weighted by atomic mass is 10.2. The van der Waals surface area contributed by atoms with Gasteiger partial charge in [0.05, 0.1) is 12.6 Å². The molecule has 0 saturated carbocycles. The van der Waals surface area contributed by atoms with Crippen molar-refractivity contribution < 1.29 is 9.53 Å². The van der Waals surface area contributed by atoms with Gasteiger partial charge in [0, 0.05) is 19.2 Å². The van der Waals surface area contributed by atoms with Gasteiger partial charge in [-0.15, -0.1) is 10.2 Å². The maximum Gasteiger partial charge on any atom is 0.220 e. The van der Waals surface area contributed by atoms with Gasteiger partial charge in [0.2, 0.25) is 5.91 Å². The van der Waals surface area contributed by atoms with Crippen LogP contribution in [0.1, 0.15) is 37.2 Å². The molecule has 1 amide bonds. The molecule has 3 rings (SSSR count). The van der Waals surface area contributed by atoms with Gasteiger partial charge in [0.15, 0.2) is 11.5 Å². The Morgan fingerprint density at radius 3 is 2.80 bits per heavy atom. The molecule has 25 heavy (non-hydrogen) atoms.